The van der Waals surface area contributed by atoms with Gasteiger partial charge in [-0.2, -0.15) is 28.8 Å². The molecule has 5 rings (SSSR count). The minimum absolute atomic E-state index is 0.150. The molecule has 1 heterocycles. The summed E-state index contributed by atoms with van der Waals surface area (Å²) >= 11 is 0. The normalized spacial score (nSPS) is 13.9. The van der Waals surface area contributed by atoms with Gasteiger partial charge in [0, 0.05) is 17.8 Å². The van der Waals surface area contributed by atoms with Crippen LogP contribution in [0.2, 0.25) is 0 Å². The van der Waals surface area contributed by atoms with E-state index < -0.39 is 17.8 Å². The Bertz CT molecular complexity index is 1660. The molecule has 10 heteroatoms. The molecular formula is C30H23F3N6O. The zero-order valence-electron chi connectivity index (χ0n) is 21.4. The summed E-state index contributed by atoms with van der Waals surface area (Å²) in [6, 6.07) is 25.3. The van der Waals surface area contributed by atoms with Crippen molar-refractivity contribution in [3.63, 3.8) is 0 Å². The molecule has 0 radical (unpaired) electrons. The minimum Gasteiger partial charge on any atom is -0.321 e. The van der Waals surface area contributed by atoms with Crippen molar-refractivity contribution in [1.29, 1.82) is 10.5 Å². The van der Waals surface area contributed by atoms with E-state index in [9.17, 15) is 28.5 Å². The van der Waals surface area contributed by atoms with Gasteiger partial charge in [-0.15, -0.1) is 0 Å². The predicted octanol–water partition coefficient (Wildman–Crippen LogP) is 6.07. The first-order valence-corrected chi connectivity index (χ1v) is 12.5. The van der Waals surface area contributed by atoms with Crippen LogP contribution in [0.1, 0.15) is 57.3 Å². The number of rotatable bonds is 7. The highest BCUT2D eigenvalue weighted by Gasteiger charge is 2.36. The van der Waals surface area contributed by atoms with E-state index in [0.717, 1.165) is 28.7 Å². The lowest BCUT2D eigenvalue weighted by Crippen LogP contribution is -2.28. The van der Waals surface area contributed by atoms with Crippen LogP contribution >= 0.6 is 0 Å². The average molecular weight is 541 g/mol. The zero-order chi connectivity index (χ0) is 28.4. The summed E-state index contributed by atoms with van der Waals surface area (Å²) in [4.78, 5) is 15.6. The Morgan fingerprint density at radius 1 is 0.975 bits per heavy atom. The molecule has 0 saturated heterocycles. The number of carbonyl (C=O) groups is 1. The largest absolute Gasteiger partial charge is 0.435 e. The fourth-order valence-electron chi connectivity index (χ4n) is 4.70. The second-order valence-corrected chi connectivity index (χ2v) is 9.60. The van der Waals surface area contributed by atoms with Crippen LogP contribution in [0.25, 0.3) is 5.69 Å². The van der Waals surface area contributed by atoms with Crippen LogP contribution in [0, 0.1) is 22.7 Å². The summed E-state index contributed by atoms with van der Waals surface area (Å²) in [5, 5.41) is 25.0. The standard InChI is InChI=1S/C30H23F3N6O/c1-38(24-11-12-24)28(21-7-2-5-19(13-21)17-34)22-8-4-9-23(15-22)36-29(40)26-16-27(30(31,32)33)37-39(26)25-10-3-6-20(14-25)18-35/h2-10,13-16,24,28H,11-12H2,1H3,(H,36,40). The molecule has 1 unspecified atom stereocenters. The number of hydrogen-bond acceptors (Lipinski definition) is 5. The molecule has 1 aliphatic carbocycles. The highest BCUT2D eigenvalue weighted by Crippen LogP contribution is 2.38. The van der Waals surface area contributed by atoms with Gasteiger partial charge < -0.3 is 5.32 Å². The number of benzene rings is 3. The number of alkyl halides is 3. The summed E-state index contributed by atoms with van der Waals surface area (Å²) in [7, 11) is 2.01. The fourth-order valence-corrected chi connectivity index (χ4v) is 4.70. The topological polar surface area (TPSA) is 97.7 Å². The molecule has 1 aliphatic rings. The molecule has 0 spiro atoms. The van der Waals surface area contributed by atoms with E-state index in [-0.39, 0.29) is 23.0 Å². The summed E-state index contributed by atoms with van der Waals surface area (Å²) in [6.45, 7) is 0. The van der Waals surface area contributed by atoms with Crippen molar-refractivity contribution in [2.75, 3.05) is 12.4 Å². The van der Waals surface area contributed by atoms with Crippen LogP contribution in [0.15, 0.2) is 78.9 Å². The van der Waals surface area contributed by atoms with Crippen LogP contribution in [0.5, 0.6) is 0 Å². The second kappa shape index (κ2) is 10.7. The number of nitrogens with zero attached hydrogens (tertiary/aromatic N) is 5. The van der Waals surface area contributed by atoms with Gasteiger partial charge in [0.05, 0.1) is 35.0 Å². The Morgan fingerprint density at radius 3 is 2.25 bits per heavy atom. The smallest absolute Gasteiger partial charge is 0.321 e. The summed E-state index contributed by atoms with van der Waals surface area (Å²) in [6.07, 6.45) is -2.66. The molecule has 40 heavy (non-hydrogen) atoms. The molecular weight excluding hydrogens is 517 g/mol. The first kappa shape index (κ1) is 26.7. The molecule has 3 aromatic carbocycles. The third-order valence-electron chi connectivity index (χ3n) is 6.77. The maximum absolute atomic E-state index is 13.6. The number of nitrogens with one attached hydrogen (secondary N) is 1. The molecule has 4 aromatic rings. The van der Waals surface area contributed by atoms with Crippen LogP contribution in [-0.4, -0.2) is 33.7 Å². The Labute approximate surface area is 228 Å². The first-order chi connectivity index (χ1) is 19.2. The van der Waals surface area contributed by atoms with E-state index >= 15 is 0 Å². The lowest BCUT2D eigenvalue weighted by Gasteiger charge is -2.29. The van der Waals surface area contributed by atoms with Crippen molar-refractivity contribution >= 4 is 11.6 Å². The van der Waals surface area contributed by atoms with E-state index in [1.165, 1.54) is 24.3 Å². The fraction of sp³-hybridized carbons (Fsp3) is 0.200. The van der Waals surface area contributed by atoms with E-state index in [4.69, 9.17) is 0 Å². The third kappa shape index (κ3) is 5.58. The van der Waals surface area contributed by atoms with Gasteiger partial charge in [0.2, 0.25) is 0 Å². The van der Waals surface area contributed by atoms with Gasteiger partial charge in [0.1, 0.15) is 5.69 Å². The molecule has 1 aromatic heterocycles. The van der Waals surface area contributed by atoms with Crippen LogP contribution in [-0.2, 0) is 6.18 Å². The Balaban J connectivity index is 1.50. The van der Waals surface area contributed by atoms with Crippen molar-refractivity contribution in [1.82, 2.24) is 14.7 Å². The number of amides is 1. The SMILES string of the molecule is CN(C1CC1)C(c1cccc(C#N)c1)c1cccc(NC(=O)c2cc(C(F)(F)F)nn2-c2cccc(C#N)c2)c1. The van der Waals surface area contributed by atoms with Gasteiger partial charge in [0.15, 0.2) is 5.69 Å². The molecule has 1 fully saturated rings. The Morgan fingerprint density at radius 2 is 1.60 bits per heavy atom. The van der Waals surface area contributed by atoms with Gasteiger partial charge in [-0.05, 0) is 73.5 Å². The van der Waals surface area contributed by atoms with Gasteiger partial charge in [-0.1, -0.05) is 30.3 Å². The quantitative estimate of drug-likeness (QED) is 0.307. The van der Waals surface area contributed by atoms with E-state index in [1.807, 2.05) is 37.4 Å². The first-order valence-electron chi connectivity index (χ1n) is 12.5. The number of halogens is 3. The number of carbonyl (C=O) groups excluding carboxylic acids is 1. The monoisotopic (exact) mass is 540 g/mol. The lowest BCUT2D eigenvalue weighted by atomic mass is 9.95. The van der Waals surface area contributed by atoms with Crippen molar-refractivity contribution in [3.05, 3.63) is 113 Å². The average Bonchev–Trinajstić information content (AvgIpc) is 3.70. The molecule has 1 amide bonds. The van der Waals surface area contributed by atoms with Gasteiger partial charge in [0.25, 0.3) is 5.91 Å². The highest BCUT2D eigenvalue weighted by atomic mass is 19.4. The number of aromatic nitrogens is 2. The van der Waals surface area contributed by atoms with E-state index in [1.54, 1.807) is 24.3 Å². The maximum Gasteiger partial charge on any atom is 0.435 e. The molecule has 0 aliphatic heterocycles. The Kier molecular flexibility index (Phi) is 7.12. The minimum atomic E-state index is -4.77. The lowest BCUT2D eigenvalue weighted by molar-refractivity contribution is -0.141. The summed E-state index contributed by atoms with van der Waals surface area (Å²) in [5.74, 6) is -0.791. The molecule has 200 valence electrons. The van der Waals surface area contributed by atoms with Crippen molar-refractivity contribution in [2.45, 2.75) is 31.1 Å². The van der Waals surface area contributed by atoms with Gasteiger partial charge in [-0.25, -0.2) is 4.68 Å². The highest BCUT2D eigenvalue weighted by molar-refractivity contribution is 6.03. The predicted molar refractivity (Wildman–Crippen MR) is 141 cm³/mol. The molecule has 7 nitrogen and oxygen atoms in total. The van der Waals surface area contributed by atoms with Crippen molar-refractivity contribution in [2.24, 2.45) is 0 Å². The Hall–Kier alpha value is -4.93. The number of hydrogen-bond donors (Lipinski definition) is 1. The van der Waals surface area contributed by atoms with Crippen LogP contribution in [0.3, 0.4) is 0 Å². The van der Waals surface area contributed by atoms with Gasteiger partial charge in [-0.3, -0.25) is 9.69 Å². The van der Waals surface area contributed by atoms with E-state index in [0.29, 0.717) is 23.4 Å². The van der Waals surface area contributed by atoms with E-state index in [2.05, 4.69) is 21.4 Å². The summed E-state index contributed by atoms with van der Waals surface area (Å²) < 4.78 is 41.5. The molecule has 1 N–H and O–H groups in total. The molecule has 1 saturated carbocycles. The van der Waals surface area contributed by atoms with Gasteiger partial charge >= 0.3 is 6.18 Å². The third-order valence-corrected chi connectivity index (χ3v) is 6.77. The maximum atomic E-state index is 13.6. The van der Waals surface area contributed by atoms with Crippen LogP contribution < -0.4 is 5.32 Å². The van der Waals surface area contributed by atoms with Crippen LogP contribution in [0.4, 0.5) is 18.9 Å². The zero-order valence-corrected chi connectivity index (χ0v) is 21.4. The number of nitriles is 2. The number of anilines is 1. The molecule has 1 atom stereocenters. The van der Waals surface area contributed by atoms with Crippen molar-refractivity contribution < 1.29 is 18.0 Å². The van der Waals surface area contributed by atoms with Crippen molar-refractivity contribution in [3.8, 4) is 17.8 Å². The second-order valence-electron chi connectivity index (χ2n) is 9.60. The molecule has 0 bridgehead atoms. The summed E-state index contributed by atoms with van der Waals surface area (Å²) in [5.41, 5.74) is 1.50.